The summed E-state index contributed by atoms with van der Waals surface area (Å²) in [4.78, 5) is 48.9. The summed E-state index contributed by atoms with van der Waals surface area (Å²) in [7, 11) is 5.06. The number of hydrogen-bond donors (Lipinski definition) is 1. The van der Waals surface area contributed by atoms with E-state index in [0.717, 1.165) is 29.8 Å². The van der Waals surface area contributed by atoms with Crippen LogP contribution in [-0.4, -0.2) is 84.6 Å². The van der Waals surface area contributed by atoms with Gasteiger partial charge >= 0.3 is 0 Å². The van der Waals surface area contributed by atoms with Crippen molar-refractivity contribution in [2.75, 3.05) is 27.8 Å². The van der Waals surface area contributed by atoms with Crippen molar-refractivity contribution < 1.29 is 23.9 Å². The first-order valence-corrected chi connectivity index (χ1v) is 17.2. The van der Waals surface area contributed by atoms with Gasteiger partial charge in [-0.05, 0) is 36.7 Å². The first kappa shape index (κ1) is 36.6. The summed E-state index contributed by atoms with van der Waals surface area (Å²) in [5.74, 6) is -0.221. The molecule has 250 valence electrons. The number of aromatic nitrogens is 1. The highest BCUT2D eigenvalue weighted by atomic mass is 32.1. The molecule has 1 aliphatic heterocycles. The quantitative estimate of drug-likeness (QED) is 0.244. The van der Waals surface area contributed by atoms with E-state index in [0.29, 0.717) is 19.4 Å². The maximum absolute atomic E-state index is 13.9. The predicted molar refractivity (Wildman–Crippen MR) is 179 cm³/mol. The number of benzene rings is 1. The minimum Gasteiger partial charge on any atom is -0.379 e. The lowest BCUT2D eigenvalue weighted by Crippen LogP contribution is -2.53. The highest BCUT2D eigenvalue weighted by Crippen LogP contribution is 2.30. The van der Waals surface area contributed by atoms with Gasteiger partial charge in [-0.2, -0.15) is 0 Å². The fourth-order valence-electron chi connectivity index (χ4n) is 6.58. The Balaban J connectivity index is 1.74. The molecule has 0 radical (unpaired) electrons. The molecule has 3 amide bonds. The van der Waals surface area contributed by atoms with Gasteiger partial charge in [0.15, 0.2) is 0 Å². The van der Waals surface area contributed by atoms with Crippen LogP contribution in [0.1, 0.15) is 83.3 Å². The van der Waals surface area contributed by atoms with Crippen LogP contribution in [0.4, 0.5) is 0 Å². The van der Waals surface area contributed by atoms with Crippen LogP contribution in [0.2, 0.25) is 0 Å². The molecule has 0 spiro atoms. The van der Waals surface area contributed by atoms with Crippen LogP contribution in [0.25, 0.3) is 0 Å². The Bertz CT molecular complexity index is 1190. The predicted octanol–water partition coefficient (Wildman–Crippen LogP) is 5.51. The molecule has 1 aliphatic rings. The molecule has 0 bridgehead atoms. The molecular weight excluding hydrogens is 588 g/mol. The Labute approximate surface area is 274 Å². The number of amides is 3. The first-order valence-electron chi connectivity index (χ1n) is 16.4. The van der Waals surface area contributed by atoms with Gasteiger partial charge in [0, 0.05) is 45.8 Å². The van der Waals surface area contributed by atoms with Crippen molar-refractivity contribution >= 4 is 29.1 Å². The Morgan fingerprint density at radius 1 is 1.09 bits per heavy atom. The number of methoxy groups -OCH3 is 2. The third-order valence-electron chi connectivity index (χ3n) is 9.24. The van der Waals surface area contributed by atoms with Crippen molar-refractivity contribution in [3.63, 3.8) is 0 Å². The number of ether oxygens (including phenoxy) is 2. The zero-order valence-corrected chi connectivity index (χ0v) is 29.2. The van der Waals surface area contributed by atoms with Gasteiger partial charge in [0.2, 0.25) is 17.7 Å². The second-order valence-electron chi connectivity index (χ2n) is 12.9. The lowest BCUT2D eigenvalue weighted by molar-refractivity contribution is -0.146. The normalized spacial score (nSPS) is 19.0. The van der Waals surface area contributed by atoms with Crippen LogP contribution in [0.3, 0.4) is 0 Å². The average molecular weight is 643 g/mol. The van der Waals surface area contributed by atoms with E-state index in [9.17, 15) is 14.4 Å². The summed E-state index contributed by atoms with van der Waals surface area (Å²) in [5.41, 5.74) is 1.11. The molecule has 0 saturated carbocycles. The van der Waals surface area contributed by atoms with Crippen molar-refractivity contribution in [2.24, 2.45) is 17.8 Å². The number of thiazole rings is 1. The number of likely N-dealkylation sites (tertiary alicyclic amines) is 1. The van der Waals surface area contributed by atoms with Crippen molar-refractivity contribution in [1.29, 1.82) is 0 Å². The third-order valence-corrected chi connectivity index (χ3v) is 10.1. The smallest absolute Gasteiger partial charge is 0.226 e. The van der Waals surface area contributed by atoms with Crippen LogP contribution < -0.4 is 5.32 Å². The Hall–Kier alpha value is -2.82. The van der Waals surface area contributed by atoms with Gasteiger partial charge in [0.25, 0.3) is 0 Å². The van der Waals surface area contributed by atoms with Crippen molar-refractivity contribution in [2.45, 2.75) is 103 Å². The summed E-state index contributed by atoms with van der Waals surface area (Å²) in [5, 5.41) is 6.00. The summed E-state index contributed by atoms with van der Waals surface area (Å²) in [6.45, 7) is 10.7. The molecule has 2 aromatic rings. The maximum atomic E-state index is 13.9. The molecule has 1 fully saturated rings. The van der Waals surface area contributed by atoms with Crippen molar-refractivity contribution in [3.8, 4) is 0 Å². The minimum absolute atomic E-state index is 0.0400. The zero-order valence-electron chi connectivity index (χ0n) is 28.4. The van der Waals surface area contributed by atoms with Gasteiger partial charge < -0.3 is 24.6 Å². The minimum atomic E-state index is -0.502. The highest BCUT2D eigenvalue weighted by Gasteiger charge is 2.42. The van der Waals surface area contributed by atoms with Gasteiger partial charge in [-0.25, -0.2) is 4.98 Å². The monoisotopic (exact) mass is 642 g/mol. The Morgan fingerprint density at radius 3 is 2.38 bits per heavy atom. The van der Waals surface area contributed by atoms with Gasteiger partial charge in [-0.15, -0.1) is 11.3 Å². The number of nitrogens with one attached hydrogen (secondary N) is 1. The number of hydrogen-bond acceptors (Lipinski definition) is 7. The van der Waals surface area contributed by atoms with Crippen molar-refractivity contribution in [1.82, 2.24) is 20.1 Å². The van der Waals surface area contributed by atoms with Crippen LogP contribution in [0, 0.1) is 17.8 Å². The number of carbonyl (C=O) groups is 3. The van der Waals surface area contributed by atoms with E-state index in [1.54, 1.807) is 25.3 Å². The van der Waals surface area contributed by atoms with Crippen LogP contribution in [0.15, 0.2) is 41.9 Å². The standard InChI is InChI=1S/C35H54N4O5S/c1-9-24(4)32(38(6)30(40)20-23(2)3)29(43-7)22-31(41)39-18-13-16-28(39)33(44-8)25(5)34(42)37-27(35-36-17-19-45-35)21-26-14-11-10-12-15-26/h10-12,14-15,17,19,23-25,27-29,32-33H,9,13,16,18,20-22H2,1-8H3,(H,37,42)/t24?,25?,27-,28?,29?,32?,33?/m0/s1. The Morgan fingerprint density at radius 2 is 1.80 bits per heavy atom. The molecule has 3 rings (SSSR count). The van der Waals surface area contributed by atoms with E-state index in [-0.39, 0.29) is 54.1 Å². The molecule has 45 heavy (non-hydrogen) atoms. The molecule has 1 N–H and O–H groups in total. The van der Waals surface area contributed by atoms with Crippen molar-refractivity contribution in [3.05, 3.63) is 52.5 Å². The van der Waals surface area contributed by atoms with E-state index in [2.05, 4.69) is 24.1 Å². The fourth-order valence-corrected chi connectivity index (χ4v) is 7.27. The van der Waals surface area contributed by atoms with E-state index >= 15 is 0 Å². The average Bonchev–Trinajstić information content (AvgIpc) is 3.74. The topological polar surface area (TPSA) is 101 Å². The molecule has 9 nitrogen and oxygen atoms in total. The van der Waals surface area contributed by atoms with Crippen LogP contribution in [0.5, 0.6) is 0 Å². The summed E-state index contributed by atoms with van der Waals surface area (Å²) in [6, 6.07) is 9.32. The largest absolute Gasteiger partial charge is 0.379 e. The number of likely N-dealkylation sites (N-methyl/N-ethyl adjacent to an activating group) is 1. The molecule has 2 heterocycles. The second-order valence-corrected chi connectivity index (χ2v) is 13.8. The van der Waals surface area contributed by atoms with Crippen LogP contribution in [-0.2, 0) is 30.3 Å². The van der Waals surface area contributed by atoms with E-state index in [4.69, 9.17) is 9.47 Å². The van der Waals surface area contributed by atoms with E-state index in [1.165, 1.54) is 11.3 Å². The second kappa shape index (κ2) is 17.8. The SMILES string of the molecule is CCC(C)C(C(CC(=O)N1CCCC1C(OC)C(C)C(=O)N[C@@H](Cc1ccccc1)c1nccs1)OC)N(C)C(=O)CC(C)C. The van der Waals surface area contributed by atoms with Crippen LogP contribution >= 0.6 is 11.3 Å². The van der Waals surface area contributed by atoms with E-state index in [1.807, 2.05) is 68.4 Å². The molecular formula is C35H54N4O5S. The fraction of sp³-hybridized carbons (Fsp3) is 0.657. The first-order chi connectivity index (χ1) is 21.5. The summed E-state index contributed by atoms with van der Waals surface area (Å²) in [6.07, 6.45) is 4.50. The molecule has 1 saturated heterocycles. The highest BCUT2D eigenvalue weighted by molar-refractivity contribution is 7.09. The zero-order chi connectivity index (χ0) is 33.1. The van der Waals surface area contributed by atoms with Gasteiger partial charge in [0.1, 0.15) is 5.01 Å². The number of rotatable bonds is 17. The summed E-state index contributed by atoms with van der Waals surface area (Å²) < 4.78 is 11.9. The molecule has 10 heteroatoms. The third kappa shape index (κ3) is 9.83. The van der Waals surface area contributed by atoms with Gasteiger partial charge in [0.05, 0.1) is 42.7 Å². The molecule has 7 atom stereocenters. The molecule has 0 aliphatic carbocycles. The Kier molecular flexibility index (Phi) is 14.5. The van der Waals surface area contributed by atoms with Gasteiger partial charge in [-0.3, -0.25) is 14.4 Å². The maximum Gasteiger partial charge on any atom is 0.226 e. The lowest BCUT2D eigenvalue weighted by atomic mass is 9.90. The molecule has 1 aromatic heterocycles. The number of nitrogens with zero attached hydrogens (tertiary/aromatic N) is 3. The molecule has 1 aromatic carbocycles. The number of carbonyl (C=O) groups excluding carboxylic acids is 3. The molecule has 6 unspecified atom stereocenters. The lowest BCUT2D eigenvalue weighted by Gasteiger charge is -2.39. The van der Waals surface area contributed by atoms with E-state index < -0.39 is 18.1 Å². The summed E-state index contributed by atoms with van der Waals surface area (Å²) >= 11 is 1.52. The van der Waals surface area contributed by atoms with Gasteiger partial charge in [-0.1, -0.05) is 71.4 Å².